The largest absolute Gasteiger partial charge is 0.465 e. The summed E-state index contributed by atoms with van der Waals surface area (Å²) in [6.07, 6.45) is 10.7. The molecule has 0 aromatic heterocycles. The minimum absolute atomic E-state index is 0.0352. The Labute approximate surface area is 214 Å². The van der Waals surface area contributed by atoms with Crippen molar-refractivity contribution in [1.82, 2.24) is 0 Å². The van der Waals surface area contributed by atoms with Gasteiger partial charge in [0.25, 0.3) is 0 Å². The minimum Gasteiger partial charge on any atom is -0.465 e. The Hall–Kier alpha value is -0.650. The van der Waals surface area contributed by atoms with Crippen molar-refractivity contribution in [3.8, 4) is 0 Å². The van der Waals surface area contributed by atoms with E-state index >= 15 is 0 Å². The monoisotopic (exact) mass is 492 g/mol. The maximum absolute atomic E-state index is 12.4. The number of quaternary nitrogens is 1. The highest BCUT2D eigenvalue weighted by atomic mass is 16.5. The van der Waals surface area contributed by atoms with Crippen molar-refractivity contribution in [2.24, 2.45) is 46.3 Å². The first-order chi connectivity index (χ1) is 16.4. The molecule has 4 rings (SSSR count). The van der Waals surface area contributed by atoms with Gasteiger partial charge in [-0.3, -0.25) is 4.79 Å². The van der Waals surface area contributed by atoms with Crippen molar-refractivity contribution in [3.63, 3.8) is 0 Å². The third kappa shape index (κ3) is 5.34. The molecule has 4 fully saturated rings. The van der Waals surface area contributed by atoms with E-state index in [0.717, 1.165) is 49.6 Å². The van der Waals surface area contributed by atoms with Gasteiger partial charge in [-0.05, 0) is 104 Å². The van der Waals surface area contributed by atoms with Gasteiger partial charge in [-0.2, -0.15) is 0 Å². The molecular weight excluding hydrogens is 438 g/mol. The van der Waals surface area contributed by atoms with Gasteiger partial charge < -0.3 is 19.4 Å². The number of fused-ring (bicyclic) bond motifs is 5. The molecule has 4 aliphatic carbocycles. The summed E-state index contributed by atoms with van der Waals surface area (Å²) in [5.41, 5.74) is 0.246. The lowest BCUT2D eigenvalue weighted by molar-refractivity contribution is -0.870. The van der Waals surface area contributed by atoms with Crippen molar-refractivity contribution in [3.05, 3.63) is 0 Å². The standard InChI is InChI=1S/C30H54NO4/c1-20(8-13-28(34)35-17-7-16-31(4,5)6)24-11-12-25-23-10-9-21-18-22(32)14-15-29(21,2)26(23)19-27(33)30(24,25)3/h20-27,32-33H,7-19H2,1-6H3/q+1/t20-,21-,22-,23+,24-,25+,26+,27+,29+,30-/m1/s1. The number of nitrogens with zero attached hydrogens (tertiary/aromatic N) is 1. The molecule has 0 radical (unpaired) electrons. The van der Waals surface area contributed by atoms with E-state index in [1.165, 1.54) is 25.7 Å². The fourth-order valence-electron chi connectivity index (χ4n) is 9.50. The maximum Gasteiger partial charge on any atom is 0.305 e. The summed E-state index contributed by atoms with van der Waals surface area (Å²) >= 11 is 0. The zero-order valence-electron chi connectivity index (χ0n) is 23.5. The fraction of sp³-hybridized carbons (Fsp3) is 0.967. The van der Waals surface area contributed by atoms with Gasteiger partial charge in [-0.1, -0.05) is 20.8 Å². The molecule has 0 spiro atoms. The van der Waals surface area contributed by atoms with E-state index in [1.807, 2.05) is 0 Å². The summed E-state index contributed by atoms with van der Waals surface area (Å²) in [7, 11) is 6.48. The number of esters is 1. The molecule has 0 bridgehead atoms. The molecule has 5 heteroatoms. The van der Waals surface area contributed by atoms with Gasteiger partial charge in [-0.25, -0.2) is 0 Å². The average molecular weight is 493 g/mol. The van der Waals surface area contributed by atoms with Crippen LogP contribution in [0, 0.1) is 46.3 Å². The predicted octanol–water partition coefficient (Wildman–Crippen LogP) is 5.03. The van der Waals surface area contributed by atoms with Gasteiger partial charge in [0, 0.05) is 12.8 Å². The van der Waals surface area contributed by atoms with Crippen LogP contribution in [0.25, 0.3) is 0 Å². The van der Waals surface area contributed by atoms with Crippen molar-refractivity contribution >= 4 is 5.97 Å². The Morgan fingerprint density at radius 3 is 2.49 bits per heavy atom. The number of aliphatic hydroxyl groups is 2. The number of rotatable bonds is 8. The molecule has 10 atom stereocenters. The summed E-state index contributed by atoms with van der Waals surface area (Å²) < 4.78 is 6.42. The number of carbonyl (C=O) groups is 1. The lowest BCUT2D eigenvalue weighted by Crippen LogP contribution is -2.58. The predicted molar refractivity (Wildman–Crippen MR) is 139 cm³/mol. The zero-order chi connectivity index (χ0) is 25.6. The number of hydrogen-bond donors (Lipinski definition) is 2. The van der Waals surface area contributed by atoms with Crippen LogP contribution < -0.4 is 0 Å². The van der Waals surface area contributed by atoms with Crippen molar-refractivity contribution in [2.45, 2.75) is 104 Å². The van der Waals surface area contributed by atoms with E-state index in [-0.39, 0.29) is 29.0 Å². The zero-order valence-corrected chi connectivity index (χ0v) is 23.5. The van der Waals surface area contributed by atoms with Crippen LogP contribution >= 0.6 is 0 Å². The van der Waals surface area contributed by atoms with Crippen LogP contribution in [-0.2, 0) is 9.53 Å². The van der Waals surface area contributed by atoms with E-state index in [0.29, 0.717) is 48.5 Å². The summed E-state index contributed by atoms with van der Waals surface area (Å²) in [4.78, 5) is 12.4. The van der Waals surface area contributed by atoms with Crippen molar-refractivity contribution in [2.75, 3.05) is 34.3 Å². The van der Waals surface area contributed by atoms with E-state index in [2.05, 4.69) is 41.9 Å². The molecule has 202 valence electrons. The molecule has 4 aliphatic rings. The SMILES string of the molecule is C[C@H](CCC(=O)OCCC[N+](C)(C)C)[C@H]1CC[C@H]2[C@@H]3CC[C@@H]4C[C@H](O)CC[C@]4(C)[C@H]3C[C@H](O)[C@]12C. The number of hydrogen-bond acceptors (Lipinski definition) is 4. The summed E-state index contributed by atoms with van der Waals surface area (Å²) in [5, 5.41) is 22.0. The first-order valence-corrected chi connectivity index (χ1v) is 14.7. The summed E-state index contributed by atoms with van der Waals surface area (Å²) in [6, 6.07) is 0. The minimum atomic E-state index is -0.256. The summed E-state index contributed by atoms with van der Waals surface area (Å²) in [5.74, 6) is 3.36. The van der Waals surface area contributed by atoms with Crippen LogP contribution in [-0.4, -0.2) is 67.2 Å². The van der Waals surface area contributed by atoms with E-state index in [9.17, 15) is 15.0 Å². The summed E-state index contributed by atoms with van der Waals surface area (Å²) in [6.45, 7) is 8.70. The highest BCUT2D eigenvalue weighted by Crippen LogP contribution is 2.68. The van der Waals surface area contributed by atoms with Crippen molar-refractivity contribution in [1.29, 1.82) is 0 Å². The Morgan fingerprint density at radius 2 is 1.77 bits per heavy atom. The molecule has 0 aliphatic heterocycles. The van der Waals surface area contributed by atoms with Gasteiger partial charge in [0.15, 0.2) is 0 Å². The Kier molecular flexibility index (Phi) is 8.02. The van der Waals surface area contributed by atoms with Gasteiger partial charge in [0.2, 0.25) is 0 Å². The first-order valence-electron chi connectivity index (χ1n) is 14.7. The Balaban J connectivity index is 1.35. The van der Waals surface area contributed by atoms with Crippen LogP contribution in [0.15, 0.2) is 0 Å². The van der Waals surface area contributed by atoms with Crippen LogP contribution in [0.4, 0.5) is 0 Å². The second-order valence-electron chi connectivity index (χ2n) is 14.5. The third-order valence-electron chi connectivity index (χ3n) is 11.5. The second kappa shape index (κ2) is 10.3. The van der Waals surface area contributed by atoms with E-state index in [1.54, 1.807) is 0 Å². The Bertz CT molecular complexity index is 749. The molecule has 4 saturated carbocycles. The molecular formula is C30H54NO4+. The Morgan fingerprint density at radius 1 is 1.03 bits per heavy atom. The molecule has 0 unspecified atom stereocenters. The lowest BCUT2D eigenvalue weighted by Gasteiger charge is -2.62. The molecule has 5 nitrogen and oxygen atoms in total. The van der Waals surface area contributed by atoms with E-state index in [4.69, 9.17) is 4.74 Å². The van der Waals surface area contributed by atoms with Gasteiger partial charge in [0.1, 0.15) is 0 Å². The molecule has 0 amide bonds. The van der Waals surface area contributed by atoms with Crippen LogP contribution in [0.5, 0.6) is 0 Å². The first kappa shape index (κ1) is 27.4. The van der Waals surface area contributed by atoms with Gasteiger partial charge in [0.05, 0.1) is 46.5 Å². The van der Waals surface area contributed by atoms with Gasteiger partial charge in [-0.15, -0.1) is 0 Å². The van der Waals surface area contributed by atoms with Gasteiger partial charge >= 0.3 is 5.97 Å². The fourth-order valence-corrected chi connectivity index (χ4v) is 9.50. The van der Waals surface area contributed by atoms with Crippen molar-refractivity contribution < 1.29 is 24.2 Å². The van der Waals surface area contributed by atoms with E-state index < -0.39 is 0 Å². The third-order valence-corrected chi connectivity index (χ3v) is 11.5. The molecule has 2 N–H and O–H groups in total. The topological polar surface area (TPSA) is 66.8 Å². The normalized spacial score (nSPS) is 44.2. The smallest absolute Gasteiger partial charge is 0.305 e. The van der Waals surface area contributed by atoms with Crippen LogP contribution in [0.3, 0.4) is 0 Å². The number of carbonyl (C=O) groups excluding carboxylic acids is 1. The molecule has 0 aromatic rings. The second-order valence-corrected chi connectivity index (χ2v) is 14.5. The highest BCUT2D eigenvalue weighted by Gasteiger charge is 2.63. The maximum atomic E-state index is 12.4. The van der Waals surface area contributed by atoms with Crippen LogP contribution in [0.2, 0.25) is 0 Å². The highest BCUT2D eigenvalue weighted by molar-refractivity contribution is 5.69. The number of aliphatic hydroxyl groups excluding tert-OH is 2. The van der Waals surface area contributed by atoms with Crippen LogP contribution in [0.1, 0.15) is 91.4 Å². The molecule has 0 aromatic carbocycles. The molecule has 0 saturated heterocycles. The lowest BCUT2D eigenvalue weighted by atomic mass is 9.43. The number of ether oxygens (including phenoxy) is 1. The average Bonchev–Trinajstić information content (AvgIpc) is 3.14. The quantitative estimate of drug-likeness (QED) is 0.283. The molecule has 35 heavy (non-hydrogen) atoms. The molecule has 0 heterocycles.